The number of amides is 1. The number of ether oxygens (including phenoxy) is 1. The summed E-state index contributed by atoms with van der Waals surface area (Å²) in [6.07, 6.45) is 9.99. The number of Topliss-reactive ketones (excluding diaryl/α,β-unsaturated/α-hetero) is 1. The standard InChI is InChI=1S/C28H39N3O4/c1-17-11-12-22-23(30(17)28(34)35-3)13-14-24-26(22)29-27(25(33)15-19-7-4-5-8-19)31(24)21-10-6-9-20(16-21)18(2)32/h13-14,17,19-21,25,33H,4-12,15-16H2,1-3H3/t17-,20+,21+,25+/m0/s1. The van der Waals surface area contributed by atoms with Gasteiger partial charge in [0.1, 0.15) is 17.7 Å². The zero-order valence-electron chi connectivity index (χ0n) is 21.3. The van der Waals surface area contributed by atoms with Gasteiger partial charge in [-0.15, -0.1) is 0 Å². The van der Waals surface area contributed by atoms with Crippen LogP contribution in [0.5, 0.6) is 0 Å². The Morgan fingerprint density at radius 2 is 1.91 bits per heavy atom. The lowest BCUT2D eigenvalue weighted by molar-refractivity contribution is -0.122. The molecule has 4 atom stereocenters. The van der Waals surface area contributed by atoms with E-state index in [1.54, 1.807) is 11.8 Å². The largest absolute Gasteiger partial charge is 0.452 e. The number of aromatic nitrogens is 2. The first kappa shape index (κ1) is 24.3. The number of aliphatic hydroxyl groups excluding tert-OH is 1. The van der Waals surface area contributed by atoms with Crippen LogP contribution in [0.1, 0.15) is 102 Å². The molecule has 7 nitrogen and oxygen atoms in total. The van der Waals surface area contributed by atoms with Gasteiger partial charge in [-0.3, -0.25) is 9.69 Å². The van der Waals surface area contributed by atoms with Crippen molar-refractivity contribution in [2.45, 2.75) is 103 Å². The zero-order chi connectivity index (χ0) is 24.7. The summed E-state index contributed by atoms with van der Waals surface area (Å²) < 4.78 is 7.34. The Hall–Kier alpha value is -2.41. The topological polar surface area (TPSA) is 84.7 Å². The first-order valence-corrected chi connectivity index (χ1v) is 13.5. The maximum Gasteiger partial charge on any atom is 0.414 e. The second-order valence-corrected chi connectivity index (χ2v) is 11.0. The number of ketones is 1. The highest BCUT2D eigenvalue weighted by Crippen LogP contribution is 2.43. The molecule has 1 aromatic heterocycles. The molecule has 1 N–H and O–H groups in total. The Kier molecular flexibility index (Phi) is 6.88. The highest BCUT2D eigenvalue weighted by atomic mass is 16.5. The first-order chi connectivity index (χ1) is 16.9. The van der Waals surface area contributed by atoms with Crippen LogP contribution >= 0.6 is 0 Å². The van der Waals surface area contributed by atoms with Crippen molar-refractivity contribution in [1.29, 1.82) is 0 Å². The van der Waals surface area contributed by atoms with Crippen molar-refractivity contribution in [3.63, 3.8) is 0 Å². The number of fused-ring (bicyclic) bond motifs is 3. The van der Waals surface area contributed by atoms with Gasteiger partial charge in [-0.1, -0.05) is 32.1 Å². The third-order valence-corrected chi connectivity index (χ3v) is 8.77. The molecular weight excluding hydrogens is 442 g/mol. The van der Waals surface area contributed by atoms with Crippen LogP contribution in [0.4, 0.5) is 10.5 Å². The number of anilines is 1. The number of hydrogen-bond acceptors (Lipinski definition) is 5. The molecule has 5 rings (SSSR count). The van der Waals surface area contributed by atoms with Crippen LogP contribution in [0.3, 0.4) is 0 Å². The molecule has 1 aromatic carbocycles. The molecule has 2 fully saturated rings. The molecule has 2 heterocycles. The fourth-order valence-corrected chi connectivity index (χ4v) is 6.85. The summed E-state index contributed by atoms with van der Waals surface area (Å²) >= 11 is 0. The van der Waals surface area contributed by atoms with Crippen molar-refractivity contribution in [3.05, 3.63) is 23.5 Å². The molecule has 7 heteroatoms. The second kappa shape index (κ2) is 9.92. The van der Waals surface area contributed by atoms with E-state index in [4.69, 9.17) is 9.72 Å². The number of hydrogen-bond donors (Lipinski definition) is 1. The van der Waals surface area contributed by atoms with E-state index >= 15 is 0 Å². The van der Waals surface area contributed by atoms with Crippen molar-refractivity contribution in [1.82, 2.24) is 9.55 Å². The molecule has 2 saturated carbocycles. The highest BCUT2D eigenvalue weighted by molar-refractivity contribution is 5.95. The maximum absolute atomic E-state index is 12.6. The number of carbonyl (C=O) groups is 2. The lowest BCUT2D eigenvalue weighted by Gasteiger charge is -2.34. The van der Waals surface area contributed by atoms with Gasteiger partial charge >= 0.3 is 6.09 Å². The first-order valence-electron chi connectivity index (χ1n) is 13.5. The summed E-state index contributed by atoms with van der Waals surface area (Å²) in [5, 5.41) is 11.5. The number of nitrogens with zero attached hydrogens (tertiary/aromatic N) is 3. The summed E-state index contributed by atoms with van der Waals surface area (Å²) in [6, 6.07) is 4.27. The molecule has 0 saturated heterocycles. The predicted octanol–water partition coefficient (Wildman–Crippen LogP) is 5.88. The van der Waals surface area contributed by atoms with E-state index in [1.165, 1.54) is 32.8 Å². The molecule has 0 bridgehead atoms. The molecular formula is C28H39N3O4. The van der Waals surface area contributed by atoms with Gasteiger partial charge in [0.2, 0.25) is 0 Å². The number of rotatable bonds is 5. The average Bonchev–Trinajstić information content (AvgIpc) is 3.51. The second-order valence-electron chi connectivity index (χ2n) is 11.0. The monoisotopic (exact) mass is 481 g/mol. The van der Waals surface area contributed by atoms with E-state index in [0.29, 0.717) is 5.92 Å². The van der Waals surface area contributed by atoms with Gasteiger partial charge in [-0.2, -0.15) is 0 Å². The van der Waals surface area contributed by atoms with Gasteiger partial charge in [0.15, 0.2) is 0 Å². The van der Waals surface area contributed by atoms with Gasteiger partial charge in [0.25, 0.3) is 0 Å². The third-order valence-electron chi connectivity index (χ3n) is 8.77. The van der Waals surface area contributed by atoms with Gasteiger partial charge in [0, 0.05) is 23.6 Å². The molecule has 35 heavy (non-hydrogen) atoms. The number of carbonyl (C=O) groups excluding carboxylic acids is 2. The molecule has 1 aliphatic heterocycles. The van der Waals surface area contributed by atoms with Gasteiger partial charge in [0.05, 0.1) is 23.8 Å². The summed E-state index contributed by atoms with van der Waals surface area (Å²) in [6.45, 7) is 3.75. The molecule has 1 amide bonds. The molecule has 0 spiro atoms. The molecule has 3 aliphatic rings. The van der Waals surface area contributed by atoms with Crippen LogP contribution in [0.2, 0.25) is 0 Å². The average molecular weight is 482 g/mol. The van der Waals surface area contributed by atoms with Crippen molar-refractivity contribution >= 4 is 28.6 Å². The van der Waals surface area contributed by atoms with E-state index in [0.717, 1.165) is 73.1 Å². The Morgan fingerprint density at radius 1 is 1.14 bits per heavy atom. The number of aryl methyl sites for hydroxylation is 1. The van der Waals surface area contributed by atoms with E-state index in [9.17, 15) is 14.7 Å². The molecule has 2 aromatic rings. The molecule has 0 radical (unpaired) electrons. The van der Waals surface area contributed by atoms with Crippen LogP contribution in [-0.4, -0.2) is 39.7 Å². The van der Waals surface area contributed by atoms with E-state index in [1.807, 2.05) is 13.0 Å². The number of methoxy groups -OCH3 is 1. The number of benzene rings is 1. The highest BCUT2D eigenvalue weighted by Gasteiger charge is 2.35. The van der Waals surface area contributed by atoms with E-state index in [2.05, 4.69) is 10.6 Å². The Balaban J connectivity index is 1.61. The fraction of sp³-hybridized carbons (Fsp3) is 0.679. The van der Waals surface area contributed by atoms with Crippen molar-refractivity contribution in [3.8, 4) is 0 Å². The minimum atomic E-state index is -0.627. The maximum atomic E-state index is 12.6. The lowest BCUT2D eigenvalue weighted by Crippen LogP contribution is -2.42. The number of imidazole rings is 1. The third kappa shape index (κ3) is 4.48. The van der Waals surface area contributed by atoms with E-state index in [-0.39, 0.29) is 29.9 Å². The molecule has 190 valence electrons. The van der Waals surface area contributed by atoms with Crippen molar-refractivity contribution in [2.75, 3.05) is 12.0 Å². The van der Waals surface area contributed by atoms with Gasteiger partial charge in [-0.05, 0) is 70.4 Å². The summed E-state index contributed by atoms with van der Waals surface area (Å²) in [7, 11) is 1.42. The minimum absolute atomic E-state index is 0.0524. The smallest absolute Gasteiger partial charge is 0.414 e. The summed E-state index contributed by atoms with van der Waals surface area (Å²) in [5.41, 5.74) is 3.80. The Morgan fingerprint density at radius 3 is 2.63 bits per heavy atom. The minimum Gasteiger partial charge on any atom is -0.452 e. The fourth-order valence-electron chi connectivity index (χ4n) is 6.85. The zero-order valence-corrected chi connectivity index (χ0v) is 21.3. The summed E-state index contributed by atoms with van der Waals surface area (Å²) in [5.74, 6) is 1.60. The summed E-state index contributed by atoms with van der Waals surface area (Å²) in [4.78, 5) is 31.7. The van der Waals surface area contributed by atoms with Gasteiger partial charge in [-0.25, -0.2) is 9.78 Å². The number of aliphatic hydroxyl groups is 1. The lowest BCUT2D eigenvalue weighted by atomic mass is 9.83. The van der Waals surface area contributed by atoms with Crippen molar-refractivity contribution in [2.24, 2.45) is 11.8 Å². The normalized spacial score (nSPS) is 26.1. The quantitative estimate of drug-likeness (QED) is 0.577. The Labute approximate surface area is 207 Å². The Bertz CT molecular complexity index is 1100. The van der Waals surface area contributed by atoms with Crippen LogP contribution in [0.15, 0.2) is 12.1 Å². The predicted molar refractivity (Wildman–Crippen MR) is 136 cm³/mol. The van der Waals surface area contributed by atoms with Crippen LogP contribution in [-0.2, 0) is 16.0 Å². The molecule has 0 unspecified atom stereocenters. The van der Waals surface area contributed by atoms with Gasteiger partial charge < -0.3 is 14.4 Å². The SMILES string of the molecule is COC(=O)N1c2ccc3c(nc([C@H](O)CC4CCCC4)n3[C@@H]3CCC[C@@H](C(C)=O)C3)c2CC[C@@H]1C. The van der Waals surface area contributed by atoms with Crippen LogP contribution < -0.4 is 4.90 Å². The molecule has 2 aliphatic carbocycles. The van der Waals surface area contributed by atoms with Crippen LogP contribution in [0, 0.1) is 11.8 Å². The van der Waals surface area contributed by atoms with Crippen LogP contribution in [0.25, 0.3) is 11.0 Å². The van der Waals surface area contributed by atoms with Crippen molar-refractivity contribution < 1.29 is 19.4 Å². The van der Waals surface area contributed by atoms with E-state index < -0.39 is 6.10 Å².